The average molecular weight is 294 g/mol. The summed E-state index contributed by atoms with van der Waals surface area (Å²) in [6.07, 6.45) is 1.18. The van der Waals surface area contributed by atoms with E-state index in [0.29, 0.717) is 12.8 Å². The van der Waals surface area contributed by atoms with Crippen LogP contribution in [0.5, 0.6) is 0 Å². The highest BCUT2D eigenvalue weighted by atomic mass is 19.2. The van der Waals surface area contributed by atoms with Gasteiger partial charge in [0.1, 0.15) is 5.69 Å². The summed E-state index contributed by atoms with van der Waals surface area (Å²) in [5, 5.41) is 3.20. The van der Waals surface area contributed by atoms with E-state index >= 15 is 0 Å². The van der Waals surface area contributed by atoms with Crippen molar-refractivity contribution in [2.75, 3.05) is 24.5 Å². The molecule has 1 saturated heterocycles. The third kappa shape index (κ3) is 2.59. The Morgan fingerprint density at radius 3 is 1.80 bits per heavy atom. The average Bonchev–Trinajstić information content (AvgIpc) is 2.45. The summed E-state index contributed by atoms with van der Waals surface area (Å²) in [6.45, 7) is 3.20. The molecule has 2 nitrogen and oxygen atoms in total. The lowest BCUT2D eigenvalue weighted by Gasteiger charge is -2.34. The number of halogens is 5. The molecule has 1 aliphatic rings. The maximum atomic E-state index is 13.7. The molecule has 1 N–H and O–H groups in total. The van der Waals surface area contributed by atoms with Crippen molar-refractivity contribution in [2.24, 2.45) is 0 Å². The minimum atomic E-state index is -2.12. The largest absolute Gasteiger partial charge is 0.366 e. The molecule has 20 heavy (non-hydrogen) atoms. The van der Waals surface area contributed by atoms with E-state index < -0.39 is 34.8 Å². The monoisotopic (exact) mass is 294 g/mol. The van der Waals surface area contributed by atoms with Crippen molar-refractivity contribution in [3.8, 4) is 0 Å². The first-order chi connectivity index (χ1) is 9.47. The number of nitrogens with zero attached hydrogens (tertiary/aromatic N) is 1. The van der Waals surface area contributed by atoms with Gasteiger partial charge in [-0.2, -0.15) is 0 Å². The zero-order valence-electron chi connectivity index (χ0n) is 10.9. The summed E-state index contributed by atoms with van der Waals surface area (Å²) in [5.41, 5.74) is -0.823. The topological polar surface area (TPSA) is 15.3 Å². The van der Waals surface area contributed by atoms with Gasteiger partial charge in [-0.1, -0.05) is 6.92 Å². The van der Waals surface area contributed by atoms with Crippen LogP contribution in [0, 0.1) is 29.1 Å². The Balaban J connectivity index is 2.26. The Hall–Kier alpha value is -1.37. The van der Waals surface area contributed by atoms with E-state index in [4.69, 9.17) is 0 Å². The van der Waals surface area contributed by atoms with Gasteiger partial charge in [0, 0.05) is 19.1 Å². The normalized spacial score (nSPS) is 16.8. The van der Waals surface area contributed by atoms with Gasteiger partial charge in [0.2, 0.25) is 5.82 Å². The molecule has 0 bridgehead atoms. The van der Waals surface area contributed by atoms with E-state index in [0.717, 1.165) is 6.54 Å². The van der Waals surface area contributed by atoms with E-state index in [1.165, 1.54) is 4.90 Å². The molecule has 0 unspecified atom stereocenters. The maximum Gasteiger partial charge on any atom is 0.200 e. The van der Waals surface area contributed by atoms with Crippen LogP contribution in [0.2, 0.25) is 0 Å². The van der Waals surface area contributed by atoms with Crippen molar-refractivity contribution in [3.05, 3.63) is 29.1 Å². The number of benzene rings is 1. The summed E-state index contributed by atoms with van der Waals surface area (Å²) in [4.78, 5) is 1.21. The van der Waals surface area contributed by atoms with Crippen LogP contribution < -0.4 is 10.2 Å². The van der Waals surface area contributed by atoms with Gasteiger partial charge in [0.25, 0.3) is 0 Å². The molecule has 1 aliphatic heterocycles. The van der Waals surface area contributed by atoms with Gasteiger partial charge in [-0.15, -0.1) is 0 Å². The van der Waals surface area contributed by atoms with Crippen LogP contribution in [0.15, 0.2) is 0 Å². The molecular formula is C13H15F5N2. The summed E-state index contributed by atoms with van der Waals surface area (Å²) < 4.78 is 66.6. The number of nitrogens with one attached hydrogen (secondary N) is 1. The number of piperidine rings is 1. The number of hydrogen-bond donors (Lipinski definition) is 1. The van der Waals surface area contributed by atoms with Gasteiger partial charge in [0.15, 0.2) is 23.3 Å². The summed E-state index contributed by atoms with van der Waals surface area (Å²) in [5.74, 6) is -9.43. The fourth-order valence-electron chi connectivity index (χ4n) is 2.47. The Kier molecular flexibility index (Phi) is 4.47. The van der Waals surface area contributed by atoms with E-state index in [-0.39, 0.29) is 19.1 Å². The maximum absolute atomic E-state index is 13.7. The molecule has 1 heterocycles. The van der Waals surface area contributed by atoms with Gasteiger partial charge in [-0.3, -0.25) is 0 Å². The summed E-state index contributed by atoms with van der Waals surface area (Å²) >= 11 is 0. The first-order valence-electron chi connectivity index (χ1n) is 6.47. The lowest BCUT2D eigenvalue weighted by Crippen LogP contribution is -2.43. The van der Waals surface area contributed by atoms with Crippen LogP contribution in [0.25, 0.3) is 0 Å². The molecule has 1 aromatic carbocycles. The van der Waals surface area contributed by atoms with Crippen molar-refractivity contribution in [3.63, 3.8) is 0 Å². The Labute approximate surface area is 113 Å². The molecule has 0 spiro atoms. The van der Waals surface area contributed by atoms with Crippen molar-refractivity contribution < 1.29 is 22.0 Å². The van der Waals surface area contributed by atoms with Crippen LogP contribution in [0.3, 0.4) is 0 Å². The second kappa shape index (κ2) is 5.95. The zero-order valence-corrected chi connectivity index (χ0v) is 10.9. The third-order valence-corrected chi connectivity index (χ3v) is 3.49. The van der Waals surface area contributed by atoms with Crippen molar-refractivity contribution >= 4 is 5.69 Å². The standard InChI is InChI=1S/C13H15F5N2/c1-2-19-7-3-5-20(6-4-7)13-11(17)9(15)8(14)10(16)12(13)18/h7,19H,2-6H2,1H3. The fraction of sp³-hybridized carbons (Fsp3) is 0.538. The predicted octanol–water partition coefficient (Wildman–Crippen LogP) is 2.96. The van der Waals surface area contributed by atoms with Gasteiger partial charge in [-0.05, 0) is 19.4 Å². The highest BCUT2D eigenvalue weighted by Crippen LogP contribution is 2.31. The molecular weight excluding hydrogens is 279 g/mol. The van der Waals surface area contributed by atoms with Crippen molar-refractivity contribution in [2.45, 2.75) is 25.8 Å². The summed E-state index contributed by atoms with van der Waals surface area (Å²) in [6, 6.07) is 0.206. The minimum Gasteiger partial charge on any atom is -0.366 e. The molecule has 1 fully saturated rings. The minimum absolute atomic E-state index is 0.206. The van der Waals surface area contributed by atoms with Gasteiger partial charge in [-0.25, -0.2) is 22.0 Å². The molecule has 112 valence electrons. The lowest BCUT2D eigenvalue weighted by atomic mass is 10.0. The summed E-state index contributed by atoms with van der Waals surface area (Å²) in [7, 11) is 0. The van der Waals surface area contributed by atoms with Crippen LogP contribution >= 0.6 is 0 Å². The predicted molar refractivity (Wildman–Crippen MR) is 65.1 cm³/mol. The molecule has 0 amide bonds. The lowest BCUT2D eigenvalue weighted by molar-refractivity contribution is 0.370. The Bertz CT molecular complexity index is 469. The van der Waals surface area contributed by atoms with Crippen LogP contribution in [-0.4, -0.2) is 25.7 Å². The molecule has 1 aromatic rings. The van der Waals surface area contributed by atoms with Gasteiger partial charge >= 0.3 is 0 Å². The molecule has 0 atom stereocenters. The molecule has 0 aromatic heterocycles. The molecule has 0 aliphatic carbocycles. The third-order valence-electron chi connectivity index (χ3n) is 3.49. The van der Waals surface area contributed by atoms with Crippen LogP contribution in [0.1, 0.15) is 19.8 Å². The van der Waals surface area contributed by atoms with Gasteiger partial charge in [0.05, 0.1) is 0 Å². The Morgan fingerprint density at radius 2 is 1.35 bits per heavy atom. The second-order valence-corrected chi connectivity index (χ2v) is 4.74. The van der Waals surface area contributed by atoms with E-state index in [2.05, 4.69) is 5.32 Å². The van der Waals surface area contributed by atoms with Crippen molar-refractivity contribution in [1.82, 2.24) is 5.32 Å². The van der Waals surface area contributed by atoms with E-state index in [1.807, 2.05) is 6.92 Å². The highest BCUT2D eigenvalue weighted by Gasteiger charge is 2.30. The van der Waals surface area contributed by atoms with Crippen LogP contribution in [0.4, 0.5) is 27.6 Å². The van der Waals surface area contributed by atoms with E-state index in [1.54, 1.807) is 0 Å². The smallest absolute Gasteiger partial charge is 0.200 e. The molecule has 7 heteroatoms. The highest BCUT2D eigenvalue weighted by molar-refractivity contribution is 5.51. The van der Waals surface area contributed by atoms with Crippen molar-refractivity contribution in [1.29, 1.82) is 0 Å². The molecule has 2 rings (SSSR count). The molecule has 0 saturated carbocycles. The molecule has 0 radical (unpaired) electrons. The SMILES string of the molecule is CCNC1CCN(c2c(F)c(F)c(F)c(F)c2F)CC1. The second-order valence-electron chi connectivity index (χ2n) is 4.74. The zero-order chi connectivity index (χ0) is 14.9. The Morgan fingerprint density at radius 1 is 0.900 bits per heavy atom. The fourth-order valence-corrected chi connectivity index (χ4v) is 2.47. The first-order valence-corrected chi connectivity index (χ1v) is 6.47. The van der Waals surface area contributed by atoms with Crippen LogP contribution in [-0.2, 0) is 0 Å². The number of rotatable bonds is 3. The number of hydrogen-bond acceptors (Lipinski definition) is 2. The quantitative estimate of drug-likeness (QED) is 0.524. The number of anilines is 1. The van der Waals surface area contributed by atoms with E-state index in [9.17, 15) is 22.0 Å². The van der Waals surface area contributed by atoms with Gasteiger partial charge < -0.3 is 10.2 Å². The first kappa shape index (κ1) is 15.0.